The van der Waals surface area contributed by atoms with E-state index >= 15 is 0 Å². The number of nitrogens with one attached hydrogen (secondary N) is 1. The lowest BCUT2D eigenvalue weighted by atomic mass is 9.92. The molecule has 0 aliphatic carbocycles. The van der Waals surface area contributed by atoms with Gasteiger partial charge in [-0.2, -0.15) is 0 Å². The quantitative estimate of drug-likeness (QED) is 0.723. The average Bonchev–Trinajstić information content (AvgIpc) is 2.38. The van der Waals surface area contributed by atoms with Crippen molar-refractivity contribution in [3.63, 3.8) is 0 Å². The zero-order chi connectivity index (χ0) is 13.5. The van der Waals surface area contributed by atoms with E-state index < -0.39 is 0 Å². The summed E-state index contributed by atoms with van der Waals surface area (Å²) in [6.45, 7) is 12.4. The zero-order valence-electron chi connectivity index (χ0n) is 12.7. The molecule has 0 bridgehead atoms. The summed E-state index contributed by atoms with van der Waals surface area (Å²) in [4.78, 5) is 0. The summed E-state index contributed by atoms with van der Waals surface area (Å²) in [5, 5.41) is 3.65. The Balaban J connectivity index is 2.80. The molecule has 0 heterocycles. The van der Waals surface area contributed by atoms with E-state index in [9.17, 15) is 0 Å². The predicted octanol–water partition coefficient (Wildman–Crippen LogP) is 4.90. The predicted molar refractivity (Wildman–Crippen MR) is 81.0 cm³/mol. The Bertz CT molecular complexity index is 326. The monoisotopic (exact) mass is 247 g/mol. The maximum Gasteiger partial charge on any atom is 0.0343 e. The van der Waals surface area contributed by atoms with Crippen molar-refractivity contribution in [3.05, 3.63) is 35.4 Å². The molecule has 1 nitrogen and oxygen atoms in total. The molecule has 0 amide bonds. The van der Waals surface area contributed by atoms with Gasteiger partial charge < -0.3 is 5.32 Å². The third kappa shape index (κ3) is 4.13. The van der Waals surface area contributed by atoms with Crippen LogP contribution in [-0.2, 0) is 0 Å². The second-order valence-corrected chi connectivity index (χ2v) is 5.65. The first-order valence-corrected chi connectivity index (χ1v) is 7.43. The Kier molecular flexibility index (Phi) is 6.42. The molecule has 2 unspecified atom stereocenters. The Labute approximate surface area is 113 Å². The lowest BCUT2D eigenvalue weighted by Crippen LogP contribution is -2.26. The van der Waals surface area contributed by atoms with Gasteiger partial charge in [0.1, 0.15) is 0 Å². The Hall–Kier alpha value is -0.820. The molecule has 1 N–H and O–H groups in total. The van der Waals surface area contributed by atoms with Gasteiger partial charge in [-0.1, -0.05) is 58.9 Å². The highest BCUT2D eigenvalue weighted by Crippen LogP contribution is 2.25. The molecule has 0 saturated carbocycles. The van der Waals surface area contributed by atoms with Gasteiger partial charge in [0.15, 0.2) is 0 Å². The molecule has 1 aromatic rings. The van der Waals surface area contributed by atoms with E-state index in [4.69, 9.17) is 0 Å². The highest BCUT2D eigenvalue weighted by molar-refractivity contribution is 5.27. The van der Waals surface area contributed by atoms with Gasteiger partial charge in [-0.05, 0) is 42.3 Å². The van der Waals surface area contributed by atoms with Gasteiger partial charge in [-0.25, -0.2) is 0 Å². The maximum atomic E-state index is 3.65. The Morgan fingerprint density at radius 2 is 1.50 bits per heavy atom. The van der Waals surface area contributed by atoms with Crippen molar-refractivity contribution in [2.45, 2.75) is 59.4 Å². The van der Waals surface area contributed by atoms with E-state index in [-0.39, 0.29) is 0 Å². The summed E-state index contributed by atoms with van der Waals surface area (Å²) >= 11 is 0. The third-order valence-corrected chi connectivity index (χ3v) is 3.76. The summed E-state index contributed by atoms with van der Waals surface area (Å²) in [5.41, 5.74) is 2.88. The fourth-order valence-corrected chi connectivity index (χ4v) is 2.31. The molecule has 18 heavy (non-hydrogen) atoms. The summed E-state index contributed by atoms with van der Waals surface area (Å²) in [6, 6.07) is 9.68. The van der Waals surface area contributed by atoms with Crippen molar-refractivity contribution >= 4 is 0 Å². The molecule has 0 fully saturated rings. The van der Waals surface area contributed by atoms with Crippen LogP contribution in [0, 0.1) is 5.92 Å². The molecule has 0 aliphatic rings. The molecule has 1 aromatic carbocycles. The normalized spacial score (nSPS) is 14.8. The van der Waals surface area contributed by atoms with Crippen molar-refractivity contribution in [1.82, 2.24) is 5.32 Å². The first-order valence-electron chi connectivity index (χ1n) is 7.43. The molecule has 0 saturated heterocycles. The molecule has 0 aliphatic heterocycles. The van der Waals surface area contributed by atoms with Gasteiger partial charge in [0, 0.05) is 6.04 Å². The van der Waals surface area contributed by atoms with E-state index in [1.165, 1.54) is 24.0 Å². The number of benzene rings is 1. The van der Waals surface area contributed by atoms with Crippen LogP contribution >= 0.6 is 0 Å². The van der Waals surface area contributed by atoms with E-state index in [1.54, 1.807) is 0 Å². The molecule has 1 rings (SSSR count). The van der Waals surface area contributed by atoms with Crippen LogP contribution in [0.3, 0.4) is 0 Å². The number of hydrogen-bond donors (Lipinski definition) is 1. The summed E-state index contributed by atoms with van der Waals surface area (Å²) in [5.74, 6) is 1.30. The third-order valence-electron chi connectivity index (χ3n) is 3.76. The number of hydrogen-bond acceptors (Lipinski definition) is 1. The van der Waals surface area contributed by atoms with Gasteiger partial charge in [0.25, 0.3) is 0 Å². The summed E-state index contributed by atoms with van der Waals surface area (Å²) in [6.07, 6.45) is 2.40. The minimum Gasteiger partial charge on any atom is -0.310 e. The molecule has 1 heteroatoms. The lowest BCUT2D eigenvalue weighted by Gasteiger charge is -2.23. The molecule has 102 valence electrons. The highest BCUT2D eigenvalue weighted by atomic mass is 14.9. The first-order chi connectivity index (χ1) is 8.60. The Morgan fingerprint density at radius 1 is 0.944 bits per heavy atom. The van der Waals surface area contributed by atoms with Crippen molar-refractivity contribution < 1.29 is 0 Å². The van der Waals surface area contributed by atoms with Crippen molar-refractivity contribution in [2.24, 2.45) is 5.92 Å². The van der Waals surface area contributed by atoms with E-state index in [1.807, 2.05) is 0 Å². The molecule has 2 atom stereocenters. The maximum absolute atomic E-state index is 3.65. The van der Waals surface area contributed by atoms with Crippen LogP contribution in [0.25, 0.3) is 0 Å². The smallest absolute Gasteiger partial charge is 0.0343 e. The van der Waals surface area contributed by atoms with Crippen LogP contribution in [0.2, 0.25) is 0 Å². The van der Waals surface area contributed by atoms with E-state index in [0.717, 1.165) is 6.54 Å². The minimum absolute atomic E-state index is 0.482. The molecule has 0 aromatic heterocycles. The van der Waals surface area contributed by atoms with Crippen molar-refractivity contribution in [2.75, 3.05) is 6.54 Å². The largest absolute Gasteiger partial charge is 0.310 e. The fourth-order valence-electron chi connectivity index (χ4n) is 2.31. The second kappa shape index (κ2) is 7.58. The van der Waals surface area contributed by atoms with Crippen LogP contribution in [-0.4, -0.2) is 6.54 Å². The first kappa shape index (κ1) is 15.2. The summed E-state index contributed by atoms with van der Waals surface area (Å²) < 4.78 is 0. The van der Waals surface area contributed by atoms with E-state index in [0.29, 0.717) is 17.9 Å². The average molecular weight is 247 g/mol. The van der Waals surface area contributed by atoms with Gasteiger partial charge in [-0.3, -0.25) is 0 Å². The van der Waals surface area contributed by atoms with Crippen LogP contribution in [0.1, 0.15) is 70.5 Å². The van der Waals surface area contributed by atoms with Gasteiger partial charge in [0.05, 0.1) is 0 Å². The number of rotatable bonds is 7. The molecule has 0 radical (unpaired) electrons. The minimum atomic E-state index is 0.482. The molecular formula is C17H29N. The standard InChI is InChI=1S/C17H29N/c1-6-12-18-17(13(3)4)16-10-8-15(9-11-16)14(5)7-2/h8-11,13-14,17-18H,6-7,12H2,1-5H3. The van der Waals surface area contributed by atoms with E-state index in [2.05, 4.69) is 64.2 Å². The van der Waals surface area contributed by atoms with Crippen molar-refractivity contribution in [3.8, 4) is 0 Å². The van der Waals surface area contributed by atoms with Crippen LogP contribution < -0.4 is 5.32 Å². The second-order valence-electron chi connectivity index (χ2n) is 5.65. The highest BCUT2D eigenvalue weighted by Gasteiger charge is 2.14. The van der Waals surface area contributed by atoms with Gasteiger partial charge in [0.2, 0.25) is 0 Å². The van der Waals surface area contributed by atoms with Gasteiger partial charge in [-0.15, -0.1) is 0 Å². The fraction of sp³-hybridized carbons (Fsp3) is 0.647. The van der Waals surface area contributed by atoms with Crippen LogP contribution in [0.4, 0.5) is 0 Å². The SMILES string of the molecule is CCCNC(c1ccc(C(C)CC)cc1)C(C)C. The van der Waals surface area contributed by atoms with Crippen LogP contribution in [0.15, 0.2) is 24.3 Å². The topological polar surface area (TPSA) is 12.0 Å². The van der Waals surface area contributed by atoms with Gasteiger partial charge >= 0.3 is 0 Å². The Morgan fingerprint density at radius 3 is 1.94 bits per heavy atom. The lowest BCUT2D eigenvalue weighted by molar-refractivity contribution is 0.412. The molecular weight excluding hydrogens is 218 g/mol. The van der Waals surface area contributed by atoms with Crippen molar-refractivity contribution in [1.29, 1.82) is 0 Å². The van der Waals surface area contributed by atoms with Crippen LogP contribution in [0.5, 0.6) is 0 Å². The molecule has 0 spiro atoms. The summed E-state index contributed by atoms with van der Waals surface area (Å²) in [7, 11) is 0. The zero-order valence-corrected chi connectivity index (χ0v) is 12.7.